The first-order valence-electron chi connectivity index (χ1n) is 9.94. The van der Waals surface area contributed by atoms with Crippen molar-refractivity contribution in [2.24, 2.45) is 5.73 Å². The molecule has 0 aliphatic rings. The predicted molar refractivity (Wildman–Crippen MR) is 125 cm³/mol. The minimum Gasteiger partial charge on any atom is -0.366 e. The SMILES string of the molecule is Cc1ccc(S(=O)(=O)N(CC(=O)Nc2ccc(C(N)=O)cc2)c2ccc(C)c(C)c2)cc1. The highest BCUT2D eigenvalue weighted by Crippen LogP contribution is 2.26. The Hall–Kier alpha value is -3.65. The summed E-state index contributed by atoms with van der Waals surface area (Å²) in [7, 11) is -3.99. The molecule has 3 rings (SSSR count). The number of primary amides is 1. The van der Waals surface area contributed by atoms with Crippen LogP contribution in [0.15, 0.2) is 71.6 Å². The van der Waals surface area contributed by atoms with E-state index < -0.39 is 28.4 Å². The maximum atomic E-state index is 13.4. The molecule has 0 saturated heterocycles. The maximum absolute atomic E-state index is 13.4. The van der Waals surface area contributed by atoms with Gasteiger partial charge in [0.25, 0.3) is 10.0 Å². The first-order chi connectivity index (χ1) is 15.1. The third-order valence-electron chi connectivity index (χ3n) is 5.13. The molecule has 0 saturated carbocycles. The zero-order valence-corrected chi connectivity index (χ0v) is 18.9. The fourth-order valence-corrected chi connectivity index (χ4v) is 4.49. The van der Waals surface area contributed by atoms with Crippen LogP contribution in [0.3, 0.4) is 0 Å². The van der Waals surface area contributed by atoms with Crippen molar-refractivity contribution >= 4 is 33.2 Å². The molecule has 0 fully saturated rings. The van der Waals surface area contributed by atoms with Gasteiger partial charge in [-0.2, -0.15) is 0 Å². The van der Waals surface area contributed by atoms with Gasteiger partial charge >= 0.3 is 0 Å². The van der Waals surface area contributed by atoms with Gasteiger partial charge in [-0.05, 0) is 80.4 Å². The third-order valence-corrected chi connectivity index (χ3v) is 6.92. The van der Waals surface area contributed by atoms with Gasteiger partial charge in [0.15, 0.2) is 0 Å². The van der Waals surface area contributed by atoms with Gasteiger partial charge in [-0.1, -0.05) is 23.8 Å². The highest BCUT2D eigenvalue weighted by molar-refractivity contribution is 7.92. The van der Waals surface area contributed by atoms with Crippen LogP contribution in [0, 0.1) is 20.8 Å². The lowest BCUT2D eigenvalue weighted by atomic mass is 10.1. The number of nitrogens with zero attached hydrogens (tertiary/aromatic N) is 1. The van der Waals surface area contributed by atoms with Crippen LogP contribution in [-0.2, 0) is 14.8 Å². The van der Waals surface area contributed by atoms with E-state index in [9.17, 15) is 18.0 Å². The van der Waals surface area contributed by atoms with Crippen LogP contribution < -0.4 is 15.4 Å². The fraction of sp³-hybridized carbons (Fsp3) is 0.167. The number of benzene rings is 3. The summed E-state index contributed by atoms with van der Waals surface area (Å²) in [4.78, 5) is 24.1. The molecule has 0 heterocycles. The van der Waals surface area contributed by atoms with Gasteiger partial charge in [0.2, 0.25) is 11.8 Å². The number of nitrogens with one attached hydrogen (secondary N) is 1. The molecular weight excluding hydrogens is 426 g/mol. The maximum Gasteiger partial charge on any atom is 0.264 e. The Balaban J connectivity index is 1.93. The number of carbonyl (C=O) groups is 2. The second-order valence-electron chi connectivity index (χ2n) is 7.58. The Kier molecular flexibility index (Phi) is 6.64. The minimum absolute atomic E-state index is 0.0972. The standard InChI is InChI=1S/C24H25N3O4S/c1-16-4-12-22(13-5-16)32(30,31)27(21-11-6-17(2)18(3)14-21)15-23(28)26-20-9-7-19(8-10-20)24(25)29/h4-14H,15H2,1-3H3,(H2,25,29)(H,26,28). The molecule has 0 aliphatic carbocycles. The Labute approximate surface area is 187 Å². The van der Waals surface area contributed by atoms with Gasteiger partial charge < -0.3 is 11.1 Å². The van der Waals surface area contributed by atoms with Gasteiger partial charge in [0, 0.05) is 11.3 Å². The molecule has 0 radical (unpaired) electrons. The van der Waals surface area contributed by atoms with Gasteiger partial charge in [0.1, 0.15) is 6.54 Å². The van der Waals surface area contributed by atoms with Crippen LogP contribution in [0.25, 0.3) is 0 Å². The Morgan fingerprint density at radius 2 is 1.50 bits per heavy atom. The number of aryl methyl sites for hydroxylation is 3. The van der Waals surface area contributed by atoms with E-state index in [4.69, 9.17) is 5.73 Å². The van der Waals surface area contributed by atoms with E-state index in [1.54, 1.807) is 24.3 Å². The molecule has 0 unspecified atom stereocenters. The summed E-state index contributed by atoms with van der Waals surface area (Å²) in [5, 5.41) is 2.67. The van der Waals surface area contributed by atoms with E-state index in [-0.39, 0.29) is 4.90 Å². The number of anilines is 2. The van der Waals surface area contributed by atoms with E-state index in [1.165, 1.54) is 36.4 Å². The normalized spacial score (nSPS) is 11.1. The number of hydrogen-bond acceptors (Lipinski definition) is 4. The van der Waals surface area contributed by atoms with Crippen LogP contribution in [0.1, 0.15) is 27.0 Å². The summed E-state index contributed by atoms with van der Waals surface area (Å²) in [5.41, 5.74) is 9.21. The molecule has 7 nitrogen and oxygen atoms in total. The lowest BCUT2D eigenvalue weighted by molar-refractivity contribution is -0.114. The Morgan fingerprint density at radius 1 is 0.875 bits per heavy atom. The molecule has 0 spiro atoms. The van der Waals surface area contributed by atoms with Gasteiger partial charge in [-0.15, -0.1) is 0 Å². The van der Waals surface area contributed by atoms with Crippen LogP contribution in [0.4, 0.5) is 11.4 Å². The van der Waals surface area contributed by atoms with Gasteiger partial charge in [-0.3, -0.25) is 13.9 Å². The highest BCUT2D eigenvalue weighted by Gasteiger charge is 2.27. The topological polar surface area (TPSA) is 110 Å². The van der Waals surface area contributed by atoms with E-state index in [0.717, 1.165) is 21.0 Å². The Bertz CT molecular complexity index is 1250. The quantitative estimate of drug-likeness (QED) is 0.572. The molecule has 2 amide bonds. The second-order valence-corrected chi connectivity index (χ2v) is 9.45. The number of rotatable bonds is 7. The molecule has 0 bridgehead atoms. The van der Waals surface area contributed by atoms with Crippen molar-refractivity contribution in [2.75, 3.05) is 16.2 Å². The van der Waals surface area contributed by atoms with E-state index in [1.807, 2.05) is 26.8 Å². The summed E-state index contributed by atoms with van der Waals surface area (Å²) >= 11 is 0. The first kappa shape index (κ1) is 23.0. The van der Waals surface area contributed by atoms with Crippen molar-refractivity contribution in [1.29, 1.82) is 0 Å². The average molecular weight is 452 g/mol. The molecular formula is C24H25N3O4S. The monoisotopic (exact) mass is 451 g/mol. The van der Waals surface area contributed by atoms with E-state index in [0.29, 0.717) is 16.9 Å². The third kappa shape index (κ3) is 5.15. The molecule has 3 aromatic carbocycles. The highest BCUT2D eigenvalue weighted by atomic mass is 32.2. The van der Waals surface area contributed by atoms with Crippen molar-refractivity contribution in [3.63, 3.8) is 0 Å². The molecule has 3 N–H and O–H groups in total. The first-order valence-corrected chi connectivity index (χ1v) is 11.4. The number of amides is 2. The summed E-state index contributed by atoms with van der Waals surface area (Å²) in [6.45, 7) is 5.26. The van der Waals surface area contributed by atoms with Crippen molar-refractivity contribution in [3.05, 3.63) is 89.0 Å². The van der Waals surface area contributed by atoms with Crippen LogP contribution in [-0.4, -0.2) is 26.8 Å². The number of hydrogen-bond donors (Lipinski definition) is 2. The van der Waals surface area contributed by atoms with E-state index >= 15 is 0 Å². The molecule has 32 heavy (non-hydrogen) atoms. The van der Waals surface area contributed by atoms with Crippen molar-refractivity contribution in [2.45, 2.75) is 25.7 Å². The van der Waals surface area contributed by atoms with Crippen molar-refractivity contribution < 1.29 is 18.0 Å². The summed E-state index contributed by atoms with van der Waals surface area (Å²) in [6.07, 6.45) is 0. The van der Waals surface area contributed by atoms with Crippen LogP contribution in [0.5, 0.6) is 0 Å². The average Bonchev–Trinajstić information content (AvgIpc) is 2.74. The number of nitrogens with two attached hydrogens (primary N) is 1. The Morgan fingerprint density at radius 3 is 2.06 bits per heavy atom. The number of sulfonamides is 1. The predicted octanol–water partition coefficient (Wildman–Crippen LogP) is 3.54. The van der Waals surface area contributed by atoms with Gasteiger partial charge in [0.05, 0.1) is 10.6 Å². The molecule has 0 aromatic heterocycles. The van der Waals surface area contributed by atoms with E-state index in [2.05, 4.69) is 5.32 Å². The minimum atomic E-state index is -3.99. The number of carbonyl (C=O) groups excluding carboxylic acids is 2. The molecule has 166 valence electrons. The smallest absolute Gasteiger partial charge is 0.264 e. The summed E-state index contributed by atoms with van der Waals surface area (Å²) < 4.78 is 28.0. The molecule has 0 atom stereocenters. The zero-order valence-electron chi connectivity index (χ0n) is 18.1. The fourth-order valence-electron chi connectivity index (χ4n) is 3.08. The largest absolute Gasteiger partial charge is 0.366 e. The molecule has 3 aromatic rings. The summed E-state index contributed by atoms with van der Waals surface area (Å²) in [5.74, 6) is -1.10. The lowest BCUT2D eigenvalue weighted by Gasteiger charge is -2.25. The second kappa shape index (κ2) is 9.23. The van der Waals surface area contributed by atoms with Crippen molar-refractivity contribution in [3.8, 4) is 0 Å². The zero-order chi connectivity index (χ0) is 23.5. The van der Waals surface area contributed by atoms with Crippen LogP contribution in [0.2, 0.25) is 0 Å². The van der Waals surface area contributed by atoms with Crippen molar-refractivity contribution in [1.82, 2.24) is 0 Å². The molecule has 0 aliphatic heterocycles. The lowest BCUT2D eigenvalue weighted by Crippen LogP contribution is -2.38. The van der Waals surface area contributed by atoms with Crippen LogP contribution >= 0.6 is 0 Å². The molecule has 8 heteroatoms. The summed E-state index contributed by atoms with van der Waals surface area (Å²) in [6, 6.07) is 17.8. The van der Waals surface area contributed by atoms with Gasteiger partial charge in [-0.25, -0.2) is 8.42 Å².